The molecule has 0 bridgehead atoms. The maximum absolute atomic E-state index is 12.6. The van der Waals surface area contributed by atoms with Gasteiger partial charge in [0.25, 0.3) is 5.91 Å². The molecule has 1 aliphatic rings. The maximum Gasteiger partial charge on any atom is 0.262 e. The van der Waals surface area contributed by atoms with Gasteiger partial charge in [0.15, 0.2) is 12.0 Å². The van der Waals surface area contributed by atoms with Crippen molar-refractivity contribution in [2.75, 3.05) is 12.0 Å². The minimum atomic E-state index is -1.06. The summed E-state index contributed by atoms with van der Waals surface area (Å²) in [5, 5.41) is 18.3. The molecular formula is C16H13N3O3. The first-order valence-corrected chi connectivity index (χ1v) is 6.84. The molecule has 22 heavy (non-hydrogen) atoms. The number of aliphatic hydroxyl groups excluding tert-OH is 1. The summed E-state index contributed by atoms with van der Waals surface area (Å²) in [4.78, 5) is 13.9. The molecule has 0 aliphatic carbocycles. The van der Waals surface area contributed by atoms with Gasteiger partial charge in [-0.05, 0) is 18.2 Å². The number of aliphatic hydroxyl groups is 1. The van der Waals surface area contributed by atoms with Crippen LogP contribution in [0.1, 0.15) is 22.1 Å². The van der Waals surface area contributed by atoms with E-state index in [9.17, 15) is 9.90 Å². The first-order valence-electron chi connectivity index (χ1n) is 6.84. The van der Waals surface area contributed by atoms with Gasteiger partial charge in [0, 0.05) is 11.1 Å². The third-order valence-corrected chi connectivity index (χ3v) is 3.91. The predicted molar refractivity (Wildman–Crippen MR) is 80.9 cm³/mol. The average Bonchev–Trinajstić information content (AvgIpc) is 3.08. The highest BCUT2D eigenvalue weighted by molar-refractivity contribution is 6.14. The van der Waals surface area contributed by atoms with Crippen molar-refractivity contribution in [3.8, 4) is 5.75 Å². The van der Waals surface area contributed by atoms with Crippen molar-refractivity contribution in [1.29, 1.82) is 0 Å². The van der Waals surface area contributed by atoms with Gasteiger partial charge in [-0.1, -0.05) is 24.3 Å². The molecule has 2 aromatic carbocycles. The van der Waals surface area contributed by atoms with E-state index in [1.54, 1.807) is 37.4 Å². The third-order valence-electron chi connectivity index (χ3n) is 3.91. The number of methoxy groups -OCH3 is 1. The van der Waals surface area contributed by atoms with E-state index < -0.39 is 6.23 Å². The molecule has 0 radical (unpaired) electrons. The maximum atomic E-state index is 12.6. The lowest BCUT2D eigenvalue weighted by molar-refractivity contribution is 0.0934. The van der Waals surface area contributed by atoms with Crippen molar-refractivity contribution >= 4 is 22.6 Å². The van der Waals surface area contributed by atoms with Gasteiger partial charge in [-0.15, -0.1) is 0 Å². The van der Waals surface area contributed by atoms with Crippen LogP contribution >= 0.6 is 0 Å². The Kier molecular flexibility index (Phi) is 2.67. The van der Waals surface area contributed by atoms with Crippen molar-refractivity contribution in [2.24, 2.45) is 0 Å². The van der Waals surface area contributed by atoms with Gasteiger partial charge in [-0.25, -0.2) is 0 Å². The molecule has 3 aromatic rings. The van der Waals surface area contributed by atoms with Gasteiger partial charge in [-0.3, -0.25) is 14.8 Å². The first-order chi connectivity index (χ1) is 10.7. The van der Waals surface area contributed by atoms with Crippen LogP contribution in [0.2, 0.25) is 0 Å². The second-order valence-electron chi connectivity index (χ2n) is 5.07. The summed E-state index contributed by atoms with van der Waals surface area (Å²) in [6.07, 6.45) is -1.06. The fourth-order valence-corrected chi connectivity index (χ4v) is 2.88. The van der Waals surface area contributed by atoms with E-state index in [2.05, 4.69) is 10.2 Å². The molecule has 0 fully saturated rings. The van der Waals surface area contributed by atoms with Crippen molar-refractivity contribution in [3.63, 3.8) is 0 Å². The van der Waals surface area contributed by atoms with Crippen molar-refractivity contribution in [2.45, 2.75) is 6.23 Å². The molecule has 1 aromatic heterocycles. The number of nitrogens with one attached hydrogen (secondary N) is 1. The number of aromatic nitrogens is 2. The Morgan fingerprint density at radius 2 is 2.05 bits per heavy atom. The molecule has 110 valence electrons. The topological polar surface area (TPSA) is 78.5 Å². The van der Waals surface area contributed by atoms with Crippen LogP contribution in [0.5, 0.6) is 5.75 Å². The molecule has 0 saturated heterocycles. The minimum Gasteiger partial charge on any atom is -0.496 e. The SMILES string of the molecule is COc1cccc2[nH]nc(N3C(=O)c4ccccc4C3O)c12. The van der Waals surface area contributed by atoms with E-state index in [4.69, 9.17) is 4.74 Å². The largest absolute Gasteiger partial charge is 0.496 e. The lowest BCUT2D eigenvalue weighted by Gasteiger charge is -2.19. The zero-order valence-electron chi connectivity index (χ0n) is 11.8. The highest BCUT2D eigenvalue weighted by Gasteiger charge is 2.38. The van der Waals surface area contributed by atoms with E-state index in [0.29, 0.717) is 28.1 Å². The van der Waals surface area contributed by atoms with Crippen LogP contribution in [-0.4, -0.2) is 28.3 Å². The molecule has 0 saturated carbocycles. The van der Waals surface area contributed by atoms with E-state index in [-0.39, 0.29) is 5.91 Å². The van der Waals surface area contributed by atoms with Crippen LogP contribution in [0.3, 0.4) is 0 Å². The number of fused-ring (bicyclic) bond motifs is 2. The molecule has 2 heterocycles. The van der Waals surface area contributed by atoms with Crippen LogP contribution in [0.4, 0.5) is 5.82 Å². The van der Waals surface area contributed by atoms with E-state index in [1.807, 2.05) is 12.1 Å². The second-order valence-corrected chi connectivity index (χ2v) is 5.07. The summed E-state index contributed by atoms with van der Waals surface area (Å²) < 4.78 is 5.35. The average molecular weight is 295 g/mol. The van der Waals surface area contributed by atoms with Gasteiger partial charge in [0.1, 0.15) is 5.75 Å². The number of nitrogens with zero attached hydrogens (tertiary/aromatic N) is 2. The van der Waals surface area contributed by atoms with Crippen molar-refractivity contribution < 1.29 is 14.6 Å². The quantitative estimate of drug-likeness (QED) is 0.760. The van der Waals surface area contributed by atoms with Gasteiger partial charge in [-0.2, -0.15) is 5.10 Å². The fraction of sp³-hybridized carbons (Fsp3) is 0.125. The molecule has 1 aliphatic heterocycles. The van der Waals surface area contributed by atoms with Crippen LogP contribution < -0.4 is 9.64 Å². The number of H-pyrrole nitrogens is 1. The van der Waals surface area contributed by atoms with Gasteiger partial charge in [0.05, 0.1) is 18.0 Å². The minimum absolute atomic E-state index is 0.276. The normalized spacial score (nSPS) is 17.1. The Hall–Kier alpha value is -2.86. The Balaban J connectivity index is 1.93. The lowest BCUT2D eigenvalue weighted by atomic mass is 10.1. The summed E-state index contributed by atoms with van der Waals surface area (Å²) in [6, 6.07) is 12.5. The summed E-state index contributed by atoms with van der Waals surface area (Å²) in [5.41, 5.74) is 1.81. The zero-order valence-corrected chi connectivity index (χ0v) is 11.8. The molecule has 0 spiro atoms. The summed E-state index contributed by atoms with van der Waals surface area (Å²) in [6.45, 7) is 0. The summed E-state index contributed by atoms with van der Waals surface area (Å²) in [5.74, 6) is 0.681. The standard InChI is InChI=1S/C16H13N3O3/c1-22-12-8-4-7-11-13(12)14(18-17-11)19-15(20)9-5-2-3-6-10(9)16(19)21/h2-8,15,20H,1H3,(H,17,18). The molecule has 1 atom stereocenters. The Morgan fingerprint density at radius 1 is 1.23 bits per heavy atom. The van der Waals surface area contributed by atoms with Crippen LogP contribution in [-0.2, 0) is 0 Å². The molecule has 2 N–H and O–H groups in total. The van der Waals surface area contributed by atoms with E-state index >= 15 is 0 Å². The van der Waals surface area contributed by atoms with Gasteiger partial charge < -0.3 is 9.84 Å². The first kappa shape index (κ1) is 12.8. The summed E-state index contributed by atoms with van der Waals surface area (Å²) >= 11 is 0. The van der Waals surface area contributed by atoms with E-state index in [1.165, 1.54) is 4.90 Å². The highest BCUT2D eigenvalue weighted by atomic mass is 16.5. The molecule has 6 heteroatoms. The monoisotopic (exact) mass is 295 g/mol. The second kappa shape index (κ2) is 4.57. The number of carbonyl (C=O) groups excluding carboxylic acids is 1. The number of benzene rings is 2. The third kappa shape index (κ3) is 1.58. The van der Waals surface area contributed by atoms with Crippen LogP contribution in [0, 0.1) is 0 Å². The number of amides is 1. The van der Waals surface area contributed by atoms with Gasteiger partial charge in [0.2, 0.25) is 0 Å². The number of aromatic amines is 1. The predicted octanol–water partition coefficient (Wildman–Crippen LogP) is 2.22. The summed E-state index contributed by atoms with van der Waals surface area (Å²) in [7, 11) is 1.56. The zero-order chi connectivity index (χ0) is 15.3. The number of anilines is 1. The van der Waals surface area contributed by atoms with Crippen LogP contribution in [0.15, 0.2) is 42.5 Å². The molecule has 1 unspecified atom stereocenters. The van der Waals surface area contributed by atoms with Crippen molar-refractivity contribution in [1.82, 2.24) is 10.2 Å². The fourth-order valence-electron chi connectivity index (χ4n) is 2.88. The Labute approximate surface area is 125 Å². The van der Waals surface area contributed by atoms with Gasteiger partial charge >= 0.3 is 0 Å². The number of hydrogen-bond donors (Lipinski definition) is 2. The highest BCUT2D eigenvalue weighted by Crippen LogP contribution is 2.40. The Morgan fingerprint density at radius 3 is 2.82 bits per heavy atom. The molecular weight excluding hydrogens is 282 g/mol. The Bertz CT molecular complexity index is 887. The molecule has 6 nitrogen and oxygen atoms in total. The number of rotatable bonds is 2. The molecule has 1 amide bonds. The number of carbonyl (C=O) groups is 1. The molecule has 4 rings (SSSR count). The smallest absolute Gasteiger partial charge is 0.262 e. The number of hydrogen-bond acceptors (Lipinski definition) is 4. The van der Waals surface area contributed by atoms with Crippen LogP contribution in [0.25, 0.3) is 10.9 Å². The lowest BCUT2D eigenvalue weighted by Crippen LogP contribution is -2.28. The number of ether oxygens (including phenoxy) is 1. The van der Waals surface area contributed by atoms with E-state index in [0.717, 1.165) is 5.52 Å². The van der Waals surface area contributed by atoms with Crippen molar-refractivity contribution in [3.05, 3.63) is 53.6 Å².